The van der Waals surface area contributed by atoms with E-state index in [4.69, 9.17) is 14.2 Å². The molecular formula is C24H24N4O6. The minimum Gasteiger partial charge on any atom is -0.454 e. The molecule has 176 valence electrons. The van der Waals surface area contributed by atoms with Crippen molar-refractivity contribution in [1.82, 2.24) is 20.5 Å². The second-order valence-corrected chi connectivity index (χ2v) is 7.97. The van der Waals surface area contributed by atoms with Gasteiger partial charge in [-0.2, -0.15) is 0 Å². The first-order valence-electron chi connectivity index (χ1n) is 11.0. The third-order valence-electron chi connectivity index (χ3n) is 5.87. The number of aromatic amines is 1. The van der Waals surface area contributed by atoms with Gasteiger partial charge in [-0.15, -0.1) is 0 Å². The van der Waals surface area contributed by atoms with Crippen molar-refractivity contribution in [3.63, 3.8) is 0 Å². The predicted molar refractivity (Wildman–Crippen MR) is 121 cm³/mol. The Morgan fingerprint density at radius 1 is 1.03 bits per heavy atom. The zero-order valence-corrected chi connectivity index (χ0v) is 18.3. The Labute approximate surface area is 195 Å². The van der Waals surface area contributed by atoms with Gasteiger partial charge in [-0.05, 0) is 36.2 Å². The van der Waals surface area contributed by atoms with Crippen molar-refractivity contribution in [3.05, 3.63) is 59.8 Å². The second kappa shape index (κ2) is 9.44. The van der Waals surface area contributed by atoms with E-state index in [9.17, 15) is 14.4 Å². The van der Waals surface area contributed by atoms with E-state index in [2.05, 4.69) is 15.6 Å². The van der Waals surface area contributed by atoms with Gasteiger partial charge < -0.3 is 34.7 Å². The Morgan fingerprint density at radius 2 is 1.85 bits per heavy atom. The summed E-state index contributed by atoms with van der Waals surface area (Å²) < 4.78 is 16.2. The number of para-hydroxylation sites is 1. The SMILES string of the molecule is O=C(NCCc1c[nH]c2ccccc12)C(=O)NC[C@H]1OCCN1C(=O)c1ccc2c(c1)OCO2. The lowest BCUT2D eigenvalue weighted by Crippen LogP contribution is -2.47. The van der Waals surface area contributed by atoms with E-state index in [1.165, 1.54) is 4.90 Å². The fourth-order valence-electron chi connectivity index (χ4n) is 4.11. The Balaban J connectivity index is 1.11. The standard InChI is InChI=1S/C24H24N4O6/c29-22(25-8-7-16-12-26-18-4-2-1-3-17(16)18)23(30)27-13-21-28(9-10-32-21)24(31)15-5-6-19-20(11-15)34-14-33-19/h1-6,11-12,21,26H,7-10,13-14H2,(H,25,29)(H,27,30)/t21-/m1/s1. The minimum atomic E-state index is -0.773. The molecule has 34 heavy (non-hydrogen) atoms. The van der Waals surface area contributed by atoms with Crippen molar-refractivity contribution in [3.8, 4) is 11.5 Å². The predicted octanol–water partition coefficient (Wildman–Crippen LogP) is 1.17. The summed E-state index contributed by atoms with van der Waals surface area (Å²) in [5.74, 6) is -0.650. The van der Waals surface area contributed by atoms with E-state index in [1.54, 1.807) is 18.2 Å². The number of amides is 3. The zero-order chi connectivity index (χ0) is 23.5. The van der Waals surface area contributed by atoms with Crippen molar-refractivity contribution in [2.75, 3.05) is 33.0 Å². The van der Waals surface area contributed by atoms with Crippen LogP contribution in [0.2, 0.25) is 0 Å². The smallest absolute Gasteiger partial charge is 0.309 e. The summed E-state index contributed by atoms with van der Waals surface area (Å²) in [6.45, 7) is 1.17. The molecule has 0 aliphatic carbocycles. The average molecular weight is 464 g/mol. The average Bonchev–Trinajstić information content (AvgIpc) is 3.61. The maximum Gasteiger partial charge on any atom is 0.309 e. The number of benzene rings is 2. The highest BCUT2D eigenvalue weighted by Gasteiger charge is 2.32. The van der Waals surface area contributed by atoms with Gasteiger partial charge in [0.25, 0.3) is 5.91 Å². The summed E-state index contributed by atoms with van der Waals surface area (Å²) in [7, 11) is 0. The van der Waals surface area contributed by atoms with Crippen LogP contribution < -0.4 is 20.1 Å². The first-order chi connectivity index (χ1) is 16.6. The largest absolute Gasteiger partial charge is 0.454 e. The Kier molecular flexibility index (Phi) is 6.05. The van der Waals surface area contributed by atoms with Crippen molar-refractivity contribution in [1.29, 1.82) is 0 Å². The van der Waals surface area contributed by atoms with Crippen LogP contribution in [0.15, 0.2) is 48.7 Å². The molecule has 1 aromatic heterocycles. The van der Waals surface area contributed by atoms with Gasteiger partial charge in [0, 0.05) is 35.8 Å². The lowest BCUT2D eigenvalue weighted by Gasteiger charge is -2.23. The van der Waals surface area contributed by atoms with Crippen molar-refractivity contribution in [2.45, 2.75) is 12.6 Å². The van der Waals surface area contributed by atoms with Crippen LogP contribution in [0, 0.1) is 0 Å². The van der Waals surface area contributed by atoms with E-state index in [-0.39, 0.29) is 19.2 Å². The van der Waals surface area contributed by atoms with Crippen LogP contribution >= 0.6 is 0 Å². The second-order valence-electron chi connectivity index (χ2n) is 7.97. The Hall–Kier alpha value is -4.05. The highest BCUT2D eigenvalue weighted by Crippen LogP contribution is 2.33. The molecule has 3 aromatic rings. The third-order valence-corrected chi connectivity index (χ3v) is 5.87. The molecule has 0 unspecified atom stereocenters. The Bertz CT molecular complexity index is 1240. The highest BCUT2D eigenvalue weighted by atomic mass is 16.7. The van der Waals surface area contributed by atoms with Gasteiger partial charge in [0.1, 0.15) is 6.23 Å². The van der Waals surface area contributed by atoms with E-state index >= 15 is 0 Å². The van der Waals surface area contributed by atoms with Gasteiger partial charge in [-0.3, -0.25) is 14.4 Å². The van der Waals surface area contributed by atoms with E-state index in [0.717, 1.165) is 16.5 Å². The van der Waals surface area contributed by atoms with Crippen LogP contribution in [0.5, 0.6) is 11.5 Å². The Morgan fingerprint density at radius 3 is 2.76 bits per heavy atom. The summed E-state index contributed by atoms with van der Waals surface area (Å²) in [4.78, 5) is 42.1. The molecule has 10 nitrogen and oxygen atoms in total. The summed E-state index contributed by atoms with van der Waals surface area (Å²) >= 11 is 0. The maximum absolute atomic E-state index is 12.9. The monoisotopic (exact) mass is 464 g/mol. The van der Waals surface area contributed by atoms with Crippen LogP contribution in [0.3, 0.4) is 0 Å². The van der Waals surface area contributed by atoms with E-state index in [1.807, 2.05) is 30.5 Å². The zero-order valence-electron chi connectivity index (χ0n) is 18.3. The van der Waals surface area contributed by atoms with Crippen molar-refractivity contribution < 1.29 is 28.6 Å². The summed E-state index contributed by atoms with van der Waals surface area (Å²) in [6.07, 6.45) is 1.83. The lowest BCUT2D eigenvalue weighted by molar-refractivity contribution is -0.139. The van der Waals surface area contributed by atoms with Crippen LogP contribution in [-0.2, 0) is 20.7 Å². The number of carbonyl (C=O) groups excluding carboxylic acids is 3. The van der Waals surface area contributed by atoms with Gasteiger partial charge >= 0.3 is 11.8 Å². The molecular weight excluding hydrogens is 440 g/mol. The normalized spacial score (nSPS) is 16.6. The topological polar surface area (TPSA) is 122 Å². The molecule has 3 amide bonds. The number of carbonyl (C=O) groups is 3. The lowest BCUT2D eigenvalue weighted by atomic mass is 10.1. The van der Waals surface area contributed by atoms with Gasteiger partial charge in [0.15, 0.2) is 11.5 Å². The molecule has 1 atom stereocenters. The van der Waals surface area contributed by atoms with Crippen LogP contribution in [-0.4, -0.2) is 66.9 Å². The number of hydrogen-bond donors (Lipinski definition) is 3. The minimum absolute atomic E-state index is 0.00495. The molecule has 3 N–H and O–H groups in total. The number of nitrogens with one attached hydrogen (secondary N) is 3. The van der Waals surface area contributed by atoms with Gasteiger partial charge in [-0.25, -0.2) is 0 Å². The molecule has 0 radical (unpaired) electrons. The molecule has 10 heteroatoms. The van der Waals surface area contributed by atoms with Crippen LogP contribution in [0.1, 0.15) is 15.9 Å². The number of H-pyrrole nitrogens is 1. The molecule has 1 fully saturated rings. The van der Waals surface area contributed by atoms with E-state index in [0.29, 0.717) is 43.2 Å². The number of aromatic nitrogens is 1. The summed E-state index contributed by atoms with van der Waals surface area (Å²) in [5.41, 5.74) is 2.52. The van der Waals surface area contributed by atoms with E-state index < -0.39 is 18.0 Å². The summed E-state index contributed by atoms with van der Waals surface area (Å²) in [5, 5.41) is 6.28. The molecule has 2 aliphatic rings. The first-order valence-corrected chi connectivity index (χ1v) is 11.0. The molecule has 2 aromatic carbocycles. The molecule has 0 saturated carbocycles. The number of fused-ring (bicyclic) bond motifs is 2. The third kappa shape index (κ3) is 4.40. The molecule has 5 rings (SSSR count). The van der Waals surface area contributed by atoms with Crippen LogP contribution in [0.4, 0.5) is 0 Å². The van der Waals surface area contributed by atoms with Gasteiger partial charge in [0.05, 0.1) is 13.2 Å². The maximum atomic E-state index is 12.9. The molecule has 0 spiro atoms. The molecule has 2 aliphatic heterocycles. The quantitative estimate of drug-likeness (QED) is 0.471. The highest BCUT2D eigenvalue weighted by molar-refractivity contribution is 6.35. The fraction of sp³-hybridized carbons (Fsp3) is 0.292. The number of hydrogen-bond acceptors (Lipinski definition) is 6. The molecule has 1 saturated heterocycles. The van der Waals surface area contributed by atoms with Crippen molar-refractivity contribution in [2.24, 2.45) is 0 Å². The molecule has 3 heterocycles. The van der Waals surface area contributed by atoms with Gasteiger partial charge in [-0.1, -0.05) is 18.2 Å². The number of ether oxygens (including phenoxy) is 3. The van der Waals surface area contributed by atoms with Gasteiger partial charge in [0.2, 0.25) is 6.79 Å². The fourth-order valence-corrected chi connectivity index (χ4v) is 4.11. The number of rotatable bonds is 6. The molecule has 0 bridgehead atoms. The summed E-state index contributed by atoms with van der Waals surface area (Å²) in [6, 6.07) is 12.9. The number of nitrogens with zero attached hydrogens (tertiary/aromatic N) is 1. The van der Waals surface area contributed by atoms with Crippen LogP contribution in [0.25, 0.3) is 10.9 Å². The van der Waals surface area contributed by atoms with Crippen molar-refractivity contribution >= 4 is 28.6 Å². The first kappa shape index (κ1) is 21.8.